The molecule has 0 aromatic heterocycles. The molecule has 7 heteroatoms. The van der Waals surface area contributed by atoms with E-state index < -0.39 is 5.91 Å². The largest absolute Gasteiger partial charge is 0.343 e. The van der Waals surface area contributed by atoms with Gasteiger partial charge in [-0.05, 0) is 42.2 Å². The van der Waals surface area contributed by atoms with E-state index in [0.717, 1.165) is 10.5 Å². The zero-order chi connectivity index (χ0) is 17.4. The van der Waals surface area contributed by atoms with E-state index in [0.29, 0.717) is 10.6 Å². The van der Waals surface area contributed by atoms with Gasteiger partial charge in [-0.2, -0.15) is 5.10 Å². The molecule has 0 bridgehead atoms. The summed E-state index contributed by atoms with van der Waals surface area (Å²) in [6.45, 7) is -0.173. The minimum Gasteiger partial charge on any atom is -0.343 e. The van der Waals surface area contributed by atoms with Gasteiger partial charge in [-0.15, -0.1) is 11.8 Å². The fourth-order valence-electron chi connectivity index (χ4n) is 1.80. The first-order valence-corrected chi connectivity index (χ1v) is 8.68. The lowest BCUT2D eigenvalue weighted by Gasteiger charge is -2.04. The number of nitrogens with one attached hydrogen (secondary N) is 2. The number of hydrogen-bond donors (Lipinski definition) is 2. The highest BCUT2D eigenvalue weighted by Crippen LogP contribution is 2.13. The quantitative estimate of drug-likeness (QED) is 0.472. The first kappa shape index (κ1) is 18.0. The molecule has 5 nitrogen and oxygen atoms in total. The maximum absolute atomic E-state index is 11.9. The van der Waals surface area contributed by atoms with Crippen LogP contribution in [0.1, 0.15) is 15.9 Å². The lowest BCUT2D eigenvalue weighted by molar-refractivity contribution is -0.120. The molecule has 0 aliphatic carbocycles. The SMILES string of the molecule is CSc1ccc(/C=N/NC(=O)CNC(=O)c2cccc(Cl)c2)cc1. The topological polar surface area (TPSA) is 70.6 Å². The van der Waals surface area contributed by atoms with Crippen molar-refractivity contribution in [2.45, 2.75) is 4.90 Å². The van der Waals surface area contributed by atoms with Crippen molar-refractivity contribution in [2.24, 2.45) is 5.10 Å². The highest BCUT2D eigenvalue weighted by atomic mass is 35.5. The summed E-state index contributed by atoms with van der Waals surface area (Å²) in [4.78, 5) is 24.7. The summed E-state index contributed by atoms with van der Waals surface area (Å²) in [6.07, 6.45) is 3.54. The van der Waals surface area contributed by atoms with Crippen molar-refractivity contribution < 1.29 is 9.59 Å². The zero-order valence-corrected chi connectivity index (χ0v) is 14.5. The molecule has 0 aliphatic heterocycles. The van der Waals surface area contributed by atoms with E-state index in [1.807, 2.05) is 30.5 Å². The van der Waals surface area contributed by atoms with Gasteiger partial charge in [0, 0.05) is 15.5 Å². The van der Waals surface area contributed by atoms with Crippen LogP contribution < -0.4 is 10.7 Å². The Hall–Kier alpha value is -2.31. The summed E-state index contributed by atoms with van der Waals surface area (Å²) in [5, 5.41) is 6.82. The van der Waals surface area contributed by atoms with E-state index in [1.54, 1.807) is 36.2 Å². The van der Waals surface area contributed by atoms with Gasteiger partial charge in [-0.3, -0.25) is 9.59 Å². The van der Waals surface area contributed by atoms with Gasteiger partial charge in [-0.25, -0.2) is 5.43 Å². The van der Waals surface area contributed by atoms with Crippen molar-refractivity contribution in [3.63, 3.8) is 0 Å². The number of hydrazone groups is 1. The molecule has 0 saturated heterocycles. The van der Waals surface area contributed by atoms with E-state index in [-0.39, 0.29) is 12.5 Å². The van der Waals surface area contributed by atoms with Crippen molar-refractivity contribution >= 4 is 41.4 Å². The van der Waals surface area contributed by atoms with Crippen molar-refractivity contribution in [1.29, 1.82) is 0 Å². The van der Waals surface area contributed by atoms with Crippen LogP contribution in [0.15, 0.2) is 58.5 Å². The number of hydrogen-bond acceptors (Lipinski definition) is 4. The Balaban J connectivity index is 1.78. The summed E-state index contributed by atoms with van der Waals surface area (Å²) in [6, 6.07) is 14.2. The van der Waals surface area contributed by atoms with Gasteiger partial charge in [0.25, 0.3) is 11.8 Å². The molecule has 0 aliphatic rings. The van der Waals surface area contributed by atoms with Crippen LogP contribution in [0.2, 0.25) is 5.02 Å². The smallest absolute Gasteiger partial charge is 0.259 e. The van der Waals surface area contributed by atoms with Gasteiger partial charge in [0.05, 0.1) is 12.8 Å². The molecule has 24 heavy (non-hydrogen) atoms. The second-order valence-electron chi connectivity index (χ2n) is 4.76. The molecule has 2 N–H and O–H groups in total. The monoisotopic (exact) mass is 361 g/mol. The Kier molecular flexibility index (Phi) is 6.84. The van der Waals surface area contributed by atoms with Crippen molar-refractivity contribution in [3.05, 3.63) is 64.7 Å². The van der Waals surface area contributed by atoms with Crippen LogP contribution in [0.25, 0.3) is 0 Å². The number of halogens is 1. The van der Waals surface area contributed by atoms with E-state index >= 15 is 0 Å². The van der Waals surface area contributed by atoms with Crippen LogP contribution in [0.4, 0.5) is 0 Å². The van der Waals surface area contributed by atoms with Gasteiger partial charge < -0.3 is 5.32 Å². The Labute approximate surface area is 149 Å². The second-order valence-corrected chi connectivity index (χ2v) is 6.08. The molecule has 2 rings (SSSR count). The average Bonchev–Trinajstić information content (AvgIpc) is 2.60. The van der Waals surface area contributed by atoms with Crippen LogP contribution >= 0.6 is 23.4 Å². The number of benzene rings is 2. The summed E-state index contributed by atoms with van der Waals surface area (Å²) in [5.74, 6) is -0.786. The maximum atomic E-state index is 11.9. The predicted molar refractivity (Wildman–Crippen MR) is 97.7 cm³/mol. The Morgan fingerprint density at radius 1 is 1.21 bits per heavy atom. The van der Waals surface area contributed by atoms with Crippen molar-refractivity contribution in [1.82, 2.24) is 10.7 Å². The standard InChI is InChI=1S/C17H16ClN3O2S/c1-24-15-7-5-12(6-8-15)10-20-21-16(22)11-19-17(23)13-3-2-4-14(18)9-13/h2-10H,11H2,1H3,(H,19,23)(H,21,22)/b20-10+. The van der Waals surface area contributed by atoms with E-state index in [1.165, 1.54) is 6.07 Å². The Morgan fingerprint density at radius 3 is 2.62 bits per heavy atom. The minimum absolute atomic E-state index is 0.173. The predicted octanol–water partition coefficient (Wildman–Crippen LogP) is 2.94. The van der Waals surface area contributed by atoms with Gasteiger partial charge in [-0.1, -0.05) is 29.8 Å². The lowest BCUT2D eigenvalue weighted by atomic mass is 10.2. The molecule has 2 amide bonds. The van der Waals surface area contributed by atoms with Crippen LogP contribution in [0, 0.1) is 0 Å². The third-order valence-electron chi connectivity index (χ3n) is 3.01. The van der Waals surface area contributed by atoms with Crippen LogP contribution in [0.3, 0.4) is 0 Å². The number of rotatable bonds is 6. The molecule has 0 atom stereocenters. The van der Waals surface area contributed by atoms with E-state index in [2.05, 4.69) is 15.8 Å². The number of carbonyl (C=O) groups is 2. The summed E-state index contributed by atoms with van der Waals surface area (Å²) in [7, 11) is 0. The fraction of sp³-hybridized carbons (Fsp3) is 0.118. The number of thioether (sulfide) groups is 1. The lowest BCUT2D eigenvalue weighted by Crippen LogP contribution is -2.34. The average molecular weight is 362 g/mol. The number of amides is 2. The molecule has 0 radical (unpaired) electrons. The Morgan fingerprint density at radius 2 is 1.96 bits per heavy atom. The third-order valence-corrected chi connectivity index (χ3v) is 3.99. The first-order chi connectivity index (χ1) is 11.6. The van der Waals surface area contributed by atoms with E-state index in [9.17, 15) is 9.59 Å². The second kappa shape index (κ2) is 9.10. The zero-order valence-electron chi connectivity index (χ0n) is 13.0. The van der Waals surface area contributed by atoms with Crippen LogP contribution in [-0.4, -0.2) is 30.8 Å². The molecule has 2 aromatic carbocycles. The summed E-state index contributed by atoms with van der Waals surface area (Å²) >= 11 is 7.47. The van der Waals surface area contributed by atoms with Gasteiger partial charge in [0.2, 0.25) is 0 Å². The van der Waals surface area contributed by atoms with Crippen molar-refractivity contribution in [3.8, 4) is 0 Å². The molecule has 0 heterocycles. The molecule has 0 saturated carbocycles. The molecular formula is C17H16ClN3O2S. The third kappa shape index (κ3) is 5.72. The minimum atomic E-state index is -0.414. The number of carbonyl (C=O) groups excluding carboxylic acids is 2. The molecule has 2 aromatic rings. The fourth-order valence-corrected chi connectivity index (χ4v) is 2.40. The highest BCUT2D eigenvalue weighted by molar-refractivity contribution is 7.98. The molecule has 0 fully saturated rings. The summed E-state index contributed by atoms with van der Waals surface area (Å²) < 4.78 is 0. The summed E-state index contributed by atoms with van der Waals surface area (Å²) in [5.41, 5.74) is 3.63. The van der Waals surface area contributed by atoms with Crippen molar-refractivity contribution in [2.75, 3.05) is 12.8 Å². The Bertz CT molecular complexity index is 748. The molecular weight excluding hydrogens is 346 g/mol. The molecule has 124 valence electrons. The highest BCUT2D eigenvalue weighted by Gasteiger charge is 2.07. The van der Waals surface area contributed by atoms with Gasteiger partial charge in [0.1, 0.15) is 0 Å². The molecule has 0 spiro atoms. The van der Waals surface area contributed by atoms with Gasteiger partial charge >= 0.3 is 0 Å². The number of nitrogens with zero attached hydrogens (tertiary/aromatic N) is 1. The maximum Gasteiger partial charge on any atom is 0.259 e. The first-order valence-electron chi connectivity index (χ1n) is 7.08. The van der Waals surface area contributed by atoms with E-state index in [4.69, 9.17) is 11.6 Å². The van der Waals surface area contributed by atoms with Crippen LogP contribution in [0.5, 0.6) is 0 Å². The molecule has 0 unspecified atom stereocenters. The normalized spacial score (nSPS) is 10.6. The van der Waals surface area contributed by atoms with Crippen LogP contribution in [-0.2, 0) is 4.79 Å². The van der Waals surface area contributed by atoms with Gasteiger partial charge in [0.15, 0.2) is 0 Å².